The molecule has 20 heavy (non-hydrogen) atoms. The molecular formula is C13H15BrN4O2. The Morgan fingerprint density at radius 3 is 3.10 bits per heavy atom. The highest BCUT2D eigenvalue weighted by Gasteiger charge is 2.28. The van der Waals surface area contributed by atoms with Crippen molar-refractivity contribution in [2.45, 2.75) is 19.4 Å². The monoisotopic (exact) mass is 338 g/mol. The van der Waals surface area contributed by atoms with Crippen LogP contribution in [0.1, 0.15) is 13.3 Å². The Hall–Kier alpha value is -1.63. The first-order valence-corrected chi connectivity index (χ1v) is 7.25. The molecule has 1 N–H and O–H groups in total. The highest BCUT2D eigenvalue weighted by molar-refractivity contribution is 9.10. The second kappa shape index (κ2) is 5.05. The number of aryl methyl sites for hydroxylation is 1. The number of imidazole rings is 1. The first-order chi connectivity index (χ1) is 9.54. The number of hydrogen-bond donors (Lipinski definition) is 1. The smallest absolute Gasteiger partial charge is 0.241 e. The number of rotatable bonds is 3. The summed E-state index contributed by atoms with van der Waals surface area (Å²) in [6, 6.07) is 1.85. The molecule has 1 aliphatic heterocycles. The van der Waals surface area contributed by atoms with E-state index in [-0.39, 0.29) is 17.9 Å². The molecule has 3 heterocycles. The van der Waals surface area contributed by atoms with Crippen LogP contribution in [0.25, 0.3) is 11.0 Å². The fraction of sp³-hybridized carbons (Fsp3) is 0.462. The molecule has 0 saturated carbocycles. The van der Waals surface area contributed by atoms with E-state index in [1.165, 1.54) is 0 Å². The van der Waals surface area contributed by atoms with Gasteiger partial charge in [-0.25, -0.2) is 9.97 Å². The fourth-order valence-electron chi connectivity index (χ4n) is 2.42. The van der Waals surface area contributed by atoms with Crippen molar-refractivity contribution in [1.29, 1.82) is 0 Å². The molecule has 1 unspecified atom stereocenters. The van der Waals surface area contributed by atoms with Gasteiger partial charge in [-0.2, -0.15) is 0 Å². The maximum absolute atomic E-state index is 11.3. The second-order valence-electron chi connectivity index (χ2n) is 5.06. The van der Waals surface area contributed by atoms with Gasteiger partial charge in [0.25, 0.3) is 0 Å². The lowest BCUT2D eigenvalue weighted by atomic mass is 10.0. The summed E-state index contributed by atoms with van der Waals surface area (Å²) < 4.78 is 8.56. The van der Waals surface area contributed by atoms with Crippen LogP contribution in [0.2, 0.25) is 0 Å². The van der Waals surface area contributed by atoms with E-state index in [2.05, 4.69) is 31.2 Å². The van der Waals surface area contributed by atoms with Crippen LogP contribution in [0.4, 0.5) is 0 Å². The summed E-state index contributed by atoms with van der Waals surface area (Å²) in [5.74, 6) is 0.797. The molecular weight excluding hydrogens is 324 g/mol. The number of ether oxygens (including phenoxy) is 1. The van der Waals surface area contributed by atoms with Crippen molar-refractivity contribution in [2.75, 3.05) is 6.54 Å². The SMILES string of the molecule is C[C@@H](Oc1nc(Br)cc2ncn(C)c12)C1CNC(=O)C1. The van der Waals surface area contributed by atoms with Gasteiger partial charge >= 0.3 is 0 Å². The predicted octanol–water partition coefficient (Wildman–Crippen LogP) is 1.63. The van der Waals surface area contributed by atoms with E-state index in [0.717, 1.165) is 11.0 Å². The summed E-state index contributed by atoms with van der Waals surface area (Å²) in [5.41, 5.74) is 1.69. The molecule has 1 saturated heterocycles. The Bertz CT molecular complexity index is 670. The third-order valence-corrected chi connectivity index (χ3v) is 4.01. The van der Waals surface area contributed by atoms with Crippen LogP contribution in [-0.4, -0.2) is 33.1 Å². The Balaban J connectivity index is 1.90. The van der Waals surface area contributed by atoms with Gasteiger partial charge in [0.05, 0.1) is 11.8 Å². The number of halogens is 1. The van der Waals surface area contributed by atoms with E-state index in [0.29, 0.717) is 23.4 Å². The molecule has 3 rings (SSSR count). The number of aromatic nitrogens is 3. The minimum absolute atomic E-state index is 0.0818. The molecule has 0 aliphatic carbocycles. The average Bonchev–Trinajstić information content (AvgIpc) is 2.96. The number of amides is 1. The summed E-state index contributed by atoms with van der Waals surface area (Å²) in [6.45, 7) is 2.62. The normalized spacial score (nSPS) is 20.1. The first kappa shape index (κ1) is 13.4. The van der Waals surface area contributed by atoms with Crippen molar-refractivity contribution in [1.82, 2.24) is 19.9 Å². The van der Waals surface area contributed by atoms with Gasteiger partial charge in [-0.3, -0.25) is 4.79 Å². The van der Waals surface area contributed by atoms with Crippen molar-refractivity contribution in [2.24, 2.45) is 13.0 Å². The number of carbonyl (C=O) groups is 1. The Labute approximate surface area is 124 Å². The highest BCUT2D eigenvalue weighted by atomic mass is 79.9. The summed E-state index contributed by atoms with van der Waals surface area (Å²) in [6.07, 6.45) is 2.15. The first-order valence-electron chi connectivity index (χ1n) is 6.45. The zero-order valence-electron chi connectivity index (χ0n) is 11.3. The van der Waals surface area contributed by atoms with Crippen LogP contribution in [0.15, 0.2) is 17.0 Å². The lowest BCUT2D eigenvalue weighted by Crippen LogP contribution is -2.26. The van der Waals surface area contributed by atoms with Crippen molar-refractivity contribution in [3.8, 4) is 5.88 Å². The number of fused-ring (bicyclic) bond motifs is 1. The molecule has 2 atom stereocenters. The highest BCUT2D eigenvalue weighted by Crippen LogP contribution is 2.28. The summed E-state index contributed by atoms with van der Waals surface area (Å²) >= 11 is 3.37. The van der Waals surface area contributed by atoms with Gasteiger partial charge in [0.2, 0.25) is 11.8 Å². The predicted molar refractivity (Wildman–Crippen MR) is 77.4 cm³/mol. The number of pyridine rings is 1. The van der Waals surface area contributed by atoms with Crippen LogP contribution < -0.4 is 10.1 Å². The van der Waals surface area contributed by atoms with Gasteiger partial charge in [0.15, 0.2) is 0 Å². The maximum atomic E-state index is 11.3. The van der Waals surface area contributed by atoms with E-state index >= 15 is 0 Å². The molecule has 0 spiro atoms. The number of nitrogens with one attached hydrogen (secondary N) is 1. The summed E-state index contributed by atoms with van der Waals surface area (Å²) in [5, 5.41) is 2.83. The van der Waals surface area contributed by atoms with E-state index < -0.39 is 0 Å². The molecule has 7 heteroatoms. The van der Waals surface area contributed by atoms with Gasteiger partial charge in [-0.05, 0) is 28.9 Å². The third kappa shape index (κ3) is 2.37. The fourth-order valence-corrected chi connectivity index (χ4v) is 2.80. The molecule has 6 nitrogen and oxygen atoms in total. The van der Waals surface area contributed by atoms with Gasteiger partial charge in [0.1, 0.15) is 16.2 Å². The summed E-state index contributed by atoms with van der Waals surface area (Å²) in [7, 11) is 1.91. The largest absolute Gasteiger partial charge is 0.473 e. The molecule has 1 aliphatic rings. The lowest BCUT2D eigenvalue weighted by Gasteiger charge is -2.19. The van der Waals surface area contributed by atoms with Gasteiger partial charge in [-0.15, -0.1) is 0 Å². The van der Waals surface area contributed by atoms with E-state index in [9.17, 15) is 4.79 Å². The Morgan fingerprint density at radius 1 is 1.60 bits per heavy atom. The maximum Gasteiger partial charge on any atom is 0.241 e. The molecule has 1 fully saturated rings. The van der Waals surface area contributed by atoms with Gasteiger partial charge in [0, 0.05) is 25.9 Å². The number of carbonyl (C=O) groups excluding carboxylic acids is 1. The van der Waals surface area contributed by atoms with Crippen LogP contribution in [-0.2, 0) is 11.8 Å². The quantitative estimate of drug-likeness (QED) is 0.863. The number of hydrogen-bond acceptors (Lipinski definition) is 4. The van der Waals surface area contributed by atoms with Crippen molar-refractivity contribution >= 4 is 32.9 Å². The van der Waals surface area contributed by atoms with Crippen molar-refractivity contribution in [3.05, 3.63) is 17.0 Å². The van der Waals surface area contributed by atoms with Crippen molar-refractivity contribution in [3.63, 3.8) is 0 Å². The molecule has 0 aromatic carbocycles. The van der Waals surface area contributed by atoms with Crippen LogP contribution in [0.3, 0.4) is 0 Å². The second-order valence-corrected chi connectivity index (χ2v) is 5.88. The molecule has 2 aromatic heterocycles. The Morgan fingerprint density at radius 2 is 2.40 bits per heavy atom. The van der Waals surface area contributed by atoms with Gasteiger partial charge < -0.3 is 14.6 Å². The standard InChI is InChI=1S/C13H15BrN4O2/c1-7(8-3-11(19)15-5-8)20-13-12-9(4-10(14)17-13)16-6-18(12)2/h4,6-8H,3,5H2,1-2H3,(H,15,19)/t7-,8?/m1/s1. The van der Waals surface area contributed by atoms with Crippen LogP contribution in [0.5, 0.6) is 5.88 Å². The van der Waals surface area contributed by atoms with Crippen LogP contribution in [0, 0.1) is 5.92 Å². The van der Waals surface area contributed by atoms with Crippen molar-refractivity contribution < 1.29 is 9.53 Å². The number of nitrogens with zero attached hydrogens (tertiary/aromatic N) is 3. The average molecular weight is 339 g/mol. The van der Waals surface area contributed by atoms with E-state index in [1.807, 2.05) is 24.6 Å². The molecule has 106 valence electrons. The zero-order valence-corrected chi connectivity index (χ0v) is 12.8. The molecule has 0 bridgehead atoms. The van der Waals surface area contributed by atoms with E-state index in [4.69, 9.17) is 4.74 Å². The topological polar surface area (TPSA) is 69.0 Å². The van der Waals surface area contributed by atoms with Gasteiger partial charge in [-0.1, -0.05) is 0 Å². The summed E-state index contributed by atoms with van der Waals surface area (Å²) in [4.78, 5) is 20.0. The molecule has 1 amide bonds. The lowest BCUT2D eigenvalue weighted by molar-refractivity contribution is -0.119. The minimum atomic E-state index is -0.0890. The Kier molecular flexibility index (Phi) is 3.37. The zero-order chi connectivity index (χ0) is 14.3. The van der Waals surface area contributed by atoms with Crippen LogP contribution >= 0.6 is 15.9 Å². The molecule has 0 radical (unpaired) electrons. The minimum Gasteiger partial charge on any atom is -0.473 e. The van der Waals surface area contributed by atoms with E-state index in [1.54, 1.807) is 6.33 Å². The molecule has 2 aromatic rings. The third-order valence-electron chi connectivity index (χ3n) is 3.60.